The fourth-order valence-electron chi connectivity index (χ4n) is 3.05. The van der Waals surface area contributed by atoms with Crippen molar-refractivity contribution in [3.05, 3.63) is 29.9 Å². The number of carbonyl (C=O) groups excluding carboxylic acids is 1. The van der Waals surface area contributed by atoms with Gasteiger partial charge in [-0.2, -0.15) is 4.98 Å². The van der Waals surface area contributed by atoms with Crippen molar-refractivity contribution in [3.8, 4) is 11.5 Å². The first-order chi connectivity index (χ1) is 14.1. The number of carbonyl (C=O) groups is 1. The Bertz CT molecular complexity index is 812. The average Bonchev–Trinajstić information content (AvgIpc) is 3.41. The van der Waals surface area contributed by atoms with E-state index in [1.807, 2.05) is 0 Å². The van der Waals surface area contributed by atoms with E-state index in [-0.39, 0.29) is 18.6 Å². The largest absolute Gasteiger partial charge is 0.497 e. The molecule has 10 heteroatoms. The van der Waals surface area contributed by atoms with Gasteiger partial charge < -0.3 is 33.7 Å². The van der Waals surface area contributed by atoms with E-state index in [0.29, 0.717) is 55.2 Å². The van der Waals surface area contributed by atoms with E-state index in [1.165, 1.54) is 0 Å². The number of nitrogens with zero attached hydrogens (tertiary/aromatic N) is 3. The van der Waals surface area contributed by atoms with Crippen molar-refractivity contribution in [1.29, 1.82) is 0 Å². The van der Waals surface area contributed by atoms with Gasteiger partial charge in [0.1, 0.15) is 18.1 Å². The molecule has 2 heterocycles. The molecule has 1 aromatic heterocycles. The van der Waals surface area contributed by atoms with E-state index in [1.54, 1.807) is 44.4 Å². The third kappa shape index (κ3) is 5.36. The third-order valence-electron chi connectivity index (χ3n) is 4.63. The van der Waals surface area contributed by atoms with Crippen LogP contribution in [0.2, 0.25) is 0 Å². The summed E-state index contributed by atoms with van der Waals surface area (Å²) in [5.74, 6) is 2.22. The number of methoxy groups -OCH3 is 3. The zero-order valence-electron chi connectivity index (χ0n) is 16.8. The summed E-state index contributed by atoms with van der Waals surface area (Å²) in [7, 11) is 4.73. The molecular weight excluding hydrogens is 380 g/mol. The normalized spacial score (nSPS) is 16.1. The molecule has 1 aliphatic heterocycles. The maximum absolute atomic E-state index is 12.7. The fraction of sp³-hybridized carbons (Fsp3) is 0.526. The summed E-state index contributed by atoms with van der Waals surface area (Å²) < 4.78 is 26.0. The fourth-order valence-corrected chi connectivity index (χ4v) is 3.05. The molecule has 1 unspecified atom stereocenters. The number of hydrogen-bond acceptors (Lipinski definition) is 8. The van der Waals surface area contributed by atoms with Crippen molar-refractivity contribution >= 4 is 11.7 Å². The van der Waals surface area contributed by atoms with E-state index in [4.69, 9.17) is 23.5 Å². The van der Waals surface area contributed by atoms with Gasteiger partial charge in [-0.3, -0.25) is 0 Å². The molecule has 0 radical (unpaired) electrons. The minimum atomic E-state index is -0.206. The number of amides is 2. The van der Waals surface area contributed by atoms with Gasteiger partial charge in [0.2, 0.25) is 0 Å². The number of benzene rings is 1. The van der Waals surface area contributed by atoms with Crippen molar-refractivity contribution in [1.82, 2.24) is 15.0 Å². The summed E-state index contributed by atoms with van der Waals surface area (Å²) in [6, 6.07) is 5.03. The molecular formula is C19H26N4O6. The van der Waals surface area contributed by atoms with E-state index >= 15 is 0 Å². The summed E-state index contributed by atoms with van der Waals surface area (Å²) in [6.45, 7) is 2.31. The van der Waals surface area contributed by atoms with E-state index in [0.717, 1.165) is 6.42 Å². The first-order valence-electron chi connectivity index (χ1n) is 9.31. The van der Waals surface area contributed by atoms with Crippen LogP contribution in [-0.4, -0.2) is 68.7 Å². The van der Waals surface area contributed by atoms with Gasteiger partial charge in [-0.1, -0.05) is 5.16 Å². The zero-order valence-corrected chi connectivity index (χ0v) is 16.8. The molecule has 1 saturated heterocycles. The highest BCUT2D eigenvalue weighted by Gasteiger charge is 2.31. The van der Waals surface area contributed by atoms with E-state index in [9.17, 15) is 4.79 Å². The Labute approximate surface area is 169 Å². The monoisotopic (exact) mass is 406 g/mol. The molecule has 1 N–H and O–H groups in total. The molecule has 0 saturated carbocycles. The highest BCUT2D eigenvalue weighted by Crippen LogP contribution is 2.30. The predicted molar refractivity (Wildman–Crippen MR) is 103 cm³/mol. The number of likely N-dealkylation sites (tertiary alicyclic amines) is 1. The molecule has 2 amide bonds. The smallest absolute Gasteiger partial charge is 0.321 e. The number of rotatable bonds is 9. The van der Waals surface area contributed by atoms with Gasteiger partial charge >= 0.3 is 6.03 Å². The lowest BCUT2D eigenvalue weighted by Gasteiger charge is -2.18. The van der Waals surface area contributed by atoms with E-state index < -0.39 is 0 Å². The minimum absolute atomic E-state index is 0.0231. The summed E-state index contributed by atoms with van der Waals surface area (Å²) in [6.07, 6.45) is 0.761. The predicted octanol–water partition coefficient (Wildman–Crippen LogP) is 2.27. The Kier molecular flexibility index (Phi) is 7.25. The van der Waals surface area contributed by atoms with Crippen LogP contribution >= 0.6 is 0 Å². The van der Waals surface area contributed by atoms with Crippen LogP contribution in [0.15, 0.2) is 22.7 Å². The Morgan fingerprint density at radius 3 is 2.90 bits per heavy atom. The Hall–Kier alpha value is -2.85. The van der Waals surface area contributed by atoms with Crippen LogP contribution in [0.5, 0.6) is 11.5 Å². The van der Waals surface area contributed by atoms with Gasteiger partial charge in [0, 0.05) is 32.2 Å². The number of nitrogens with one attached hydrogen (secondary N) is 1. The van der Waals surface area contributed by atoms with Crippen molar-refractivity contribution in [2.75, 3.05) is 52.9 Å². The van der Waals surface area contributed by atoms with Crippen LogP contribution in [0.1, 0.15) is 24.1 Å². The Balaban J connectivity index is 1.54. The second-order valence-corrected chi connectivity index (χ2v) is 6.52. The molecule has 3 rings (SSSR count). The first-order valence-corrected chi connectivity index (χ1v) is 9.31. The quantitative estimate of drug-likeness (QED) is 0.632. The topological polar surface area (TPSA) is 108 Å². The lowest BCUT2D eigenvalue weighted by atomic mass is 10.1. The molecule has 2 aromatic rings. The maximum atomic E-state index is 12.7. The van der Waals surface area contributed by atoms with Crippen molar-refractivity contribution in [3.63, 3.8) is 0 Å². The third-order valence-corrected chi connectivity index (χ3v) is 4.63. The van der Waals surface area contributed by atoms with Gasteiger partial charge in [0.05, 0.1) is 33.1 Å². The summed E-state index contributed by atoms with van der Waals surface area (Å²) in [4.78, 5) is 18.8. The minimum Gasteiger partial charge on any atom is -0.497 e. The van der Waals surface area contributed by atoms with Crippen molar-refractivity contribution < 1.29 is 28.3 Å². The maximum Gasteiger partial charge on any atom is 0.321 e. The Morgan fingerprint density at radius 1 is 1.28 bits per heavy atom. The van der Waals surface area contributed by atoms with Crippen LogP contribution < -0.4 is 14.8 Å². The van der Waals surface area contributed by atoms with Gasteiger partial charge in [-0.05, 0) is 18.6 Å². The average molecular weight is 406 g/mol. The van der Waals surface area contributed by atoms with Crippen molar-refractivity contribution in [2.24, 2.45) is 0 Å². The molecule has 158 valence electrons. The number of aromatic nitrogens is 2. The molecule has 10 nitrogen and oxygen atoms in total. The van der Waals surface area contributed by atoms with Gasteiger partial charge in [0.15, 0.2) is 5.82 Å². The second kappa shape index (κ2) is 10.1. The van der Waals surface area contributed by atoms with Crippen LogP contribution in [0.25, 0.3) is 0 Å². The van der Waals surface area contributed by atoms with Crippen molar-refractivity contribution in [2.45, 2.75) is 18.9 Å². The number of anilines is 1. The van der Waals surface area contributed by atoms with Crippen LogP contribution in [0, 0.1) is 0 Å². The molecule has 1 atom stereocenters. The number of ether oxygens (including phenoxy) is 4. The molecule has 1 fully saturated rings. The molecule has 0 spiro atoms. The van der Waals surface area contributed by atoms with Crippen LogP contribution in [0.3, 0.4) is 0 Å². The molecule has 0 aliphatic carbocycles. The van der Waals surface area contributed by atoms with Gasteiger partial charge in [0.25, 0.3) is 5.89 Å². The highest BCUT2D eigenvalue weighted by molar-refractivity contribution is 5.91. The van der Waals surface area contributed by atoms with Gasteiger partial charge in [-0.15, -0.1) is 0 Å². The molecule has 1 aromatic carbocycles. The van der Waals surface area contributed by atoms with Gasteiger partial charge in [-0.25, -0.2) is 4.79 Å². The zero-order chi connectivity index (χ0) is 20.6. The SMILES string of the molecule is COCCOCc1nc(C2CCN(C(=O)Nc3ccc(OC)cc3OC)C2)no1. The van der Waals surface area contributed by atoms with Crippen LogP contribution in [0.4, 0.5) is 10.5 Å². The summed E-state index contributed by atoms with van der Waals surface area (Å²) in [5.41, 5.74) is 0.580. The second-order valence-electron chi connectivity index (χ2n) is 6.52. The molecule has 29 heavy (non-hydrogen) atoms. The molecule has 0 bridgehead atoms. The number of urea groups is 1. The van der Waals surface area contributed by atoms with Crippen LogP contribution in [-0.2, 0) is 16.1 Å². The Morgan fingerprint density at radius 2 is 2.14 bits per heavy atom. The standard InChI is InChI=1S/C19H26N4O6/c1-25-8-9-28-12-17-21-18(22-29-17)13-6-7-23(11-13)19(24)20-15-5-4-14(26-2)10-16(15)27-3/h4-5,10,13H,6-9,11-12H2,1-3H3,(H,20,24). The lowest BCUT2D eigenvalue weighted by Crippen LogP contribution is -2.33. The first kappa shape index (κ1) is 20.9. The van der Waals surface area contributed by atoms with E-state index in [2.05, 4.69) is 15.5 Å². The highest BCUT2D eigenvalue weighted by atomic mass is 16.5. The lowest BCUT2D eigenvalue weighted by molar-refractivity contribution is 0.0494. The number of hydrogen-bond donors (Lipinski definition) is 1. The summed E-state index contributed by atoms with van der Waals surface area (Å²) >= 11 is 0. The summed E-state index contributed by atoms with van der Waals surface area (Å²) in [5, 5.41) is 6.91. The molecule has 1 aliphatic rings.